The zero-order valence-electron chi connectivity index (χ0n) is 18.3. The van der Waals surface area contributed by atoms with E-state index >= 15 is 0 Å². The molecule has 1 atom stereocenters. The number of rotatable bonds is 4. The number of anilines is 1. The second-order valence-corrected chi connectivity index (χ2v) is 8.44. The first-order chi connectivity index (χ1) is 16.5. The Morgan fingerprint density at radius 2 is 1.74 bits per heavy atom. The number of H-pyrrole nitrogens is 1. The number of aryl methyl sites for hydroxylation is 1. The summed E-state index contributed by atoms with van der Waals surface area (Å²) >= 11 is 0. The van der Waals surface area contributed by atoms with Crippen molar-refractivity contribution < 1.29 is 19.1 Å². The molecule has 6 heteroatoms. The highest BCUT2D eigenvalue weighted by Crippen LogP contribution is 2.44. The van der Waals surface area contributed by atoms with Crippen molar-refractivity contribution in [2.24, 2.45) is 0 Å². The number of benzene rings is 3. The van der Waals surface area contributed by atoms with E-state index in [0.29, 0.717) is 16.8 Å². The molecule has 0 fully saturated rings. The van der Waals surface area contributed by atoms with Crippen LogP contribution in [0.1, 0.15) is 27.7 Å². The third-order valence-corrected chi connectivity index (χ3v) is 6.33. The number of hydrogen-bond donors (Lipinski definition) is 2. The zero-order valence-corrected chi connectivity index (χ0v) is 18.3. The highest BCUT2D eigenvalue weighted by Gasteiger charge is 2.46. The predicted octanol–water partition coefficient (Wildman–Crippen LogP) is 6.01. The highest BCUT2D eigenvalue weighted by molar-refractivity contribution is 6.21. The van der Waals surface area contributed by atoms with Crippen molar-refractivity contribution in [1.29, 1.82) is 0 Å². The lowest BCUT2D eigenvalue weighted by atomic mass is 9.94. The van der Waals surface area contributed by atoms with Crippen molar-refractivity contribution in [3.8, 4) is 0 Å². The topological polar surface area (TPSA) is 86.5 Å². The summed E-state index contributed by atoms with van der Waals surface area (Å²) in [6, 6.07) is 23.2. The van der Waals surface area contributed by atoms with E-state index in [9.17, 15) is 14.7 Å². The van der Waals surface area contributed by atoms with Crippen molar-refractivity contribution in [3.05, 3.63) is 113 Å². The van der Waals surface area contributed by atoms with Crippen LogP contribution < -0.4 is 4.90 Å². The lowest BCUT2D eigenvalue weighted by molar-refractivity contribution is -0.117. The number of carbonyl (C=O) groups excluding carboxylic acids is 2. The number of Topliss-reactive ketones (excluding diaryl/α,β-unsaturated/α-hetero) is 1. The van der Waals surface area contributed by atoms with Crippen LogP contribution in [0.25, 0.3) is 21.9 Å². The van der Waals surface area contributed by atoms with E-state index in [1.165, 1.54) is 4.90 Å². The lowest BCUT2D eigenvalue weighted by Crippen LogP contribution is -2.30. The molecule has 1 aliphatic heterocycles. The Bertz CT molecular complexity index is 1590. The average molecular weight is 448 g/mol. The number of hydrogen-bond acceptors (Lipinski definition) is 4. The van der Waals surface area contributed by atoms with Crippen LogP contribution in [0.4, 0.5) is 5.69 Å². The monoisotopic (exact) mass is 448 g/mol. The SMILES string of the molecule is Cc1ccc(N2C(=O)C(O)=C(C(=O)c3cc4ccccc4o3)C2c2c[nH]c3ccccc23)cc1. The van der Waals surface area contributed by atoms with Gasteiger partial charge in [-0.15, -0.1) is 0 Å². The van der Waals surface area contributed by atoms with E-state index in [2.05, 4.69) is 4.98 Å². The molecule has 0 saturated carbocycles. The molecule has 6 rings (SSSR count). The van der Waals surface area contributed by atoms with Gasteiger partial charge in [0.15, 0.2) is 11.5 Å². The molecule has 2 aromatic heterocycles. The Labute approximate surface area is 194 Å². The van der Waals surface area contributed by atoms with Gasteiger partial charge in [0.2, 0.25) is 5.78 Å². The van der Waals surface area contributed by atoms with Crippen molar-refractivity contribution in [1.82, 2.24) is 4.98 Å². The van der Waals surface area contributed by atoms with E-state index in [0.717, 1.165) is 21.9 Å². The fourth-order valence-electron chi connectivity index (χ4n) is 4.65. The van der Waals surface area contributed by atoms with Gasteiger partial charge in [0.1, 0.15) is 5.58 Å². The maximum atomic E-state index is 13.7. The molecule has 0 aliphatic carbocycles. The van der Waals surface area contributed by atoms with Gasteiger partial charge in [0.25, 0.3) is 5.91 Å². The largest absolute Gasteiger partial charge is 0.503 e. The molecular formula is C28H20N2O4. The van der Waals surface area contributed by atoms with Crippen molar-refractivity contribution in [2.75, 3.05) is 4.90 Å². The van der Waals surface area contributed by atoms with Gasteiger partial charge in [0, 0.05) is 33.7 Å². The van der Waals surface area contributed by atoms with Gasteiger partial charge in [-0.25, -0.2) is 0 Å². The number of para-hydroxylation sites is 2. The molecule has 0 radical (unpaired) electrons. The number of aromatic nitrogens is 1. The molecule has 2 N–H and O–H groups in total. The first-order valence-electron chi connectivity index (χ1n) is 11.0. The molecule has 0 saturated heterocycles. The third-order valence-electron chi connectivity index (χ3n) is 6.33. The summed E-state index contributed by atoms with van der Waals surface area (Å²) in [5.41, 5.74) is 3.77. The molecule has 0 spiro atoms. The number of nitrogens with zero attached hydrogens (tertiary/aromatic N) is 1. The van der Waals surface area contributed by atoms with Crippen LogP contribution in [0, 0.1) is 6.92 Å². The Morgan fingerprint density at radius 3 is 2.53 bits per heavy atom. The Kier molecular flexibility index (Phi) is 4.42. The molecule has 6 nitrogen and oxygen atoms in total. The summed E-state index contributed by atoms with van der Waals surface area (Å²) in [5, 5.41) is 12.6. The molecule has 3 aromatic carbocycles. The summed E-state index contributed by atoms with van der Waals surface area (Å²) < 4.78 is 5.80. The molecule has 1 aliphatic rings. The number of aliphatic hydroxyl groups excluding tert-OH is 1. The van der Waals surface area contributed by atoms with Crippen molar-refractivity contribution >= 4 is 39.2 Å². The zero-order chi connectivity index (χ0) is 23.4. The first-order valence-corrected chi connectivity index (χ1v) is 11.0. The van der Waals surface area contributed by atoms with E-state index in [4.69, 9.17) is 4.42 Å². The summed E-state index contributed by atoms with van der Waals surface area (Å²) in [5.74, 6) is -1.64. The van der Waals surface area contributed by atoms with E-state index in [1.54, 1.807) is 18.3 Å². The third kappa shape index (κ3) is 2.96. The summed E-state index contributed by atoms with van der Waals surface area (Å²) in [7, 11) is 0. The van der Waals surface area contributed by atoms with Crippen molar-refractivity contribution in [3.63, 3.8) is 0 Å². The van der Waals surface area contributed by atoms with E-state index in [1.807, 2.05) is 73.7 Å². The standard InChI is InChI=1S/C28H20N2O4/c1-16-10-12-18(13-11-16)30-25(20-15-29-21-8-4-3-7-19(20)21)24(27(32)28(30)33)26(31)23-14-17-6-2-5-9-22(17)34-23/h2-15,25,29,32H,1H3. The van der Waals surface area contributed by atoms with Crippen molar-refractivity contribution in [2.45, 2.75) is 13.0 Å². The van der Waals surface area contributed by atoms with Crippen LogP contribution in [-0.4, -0.2) is 21.8 Å². The maximum absolute atomic E-state index is 13.7. The number of aromatic amines is 1. The number of furan rings is 1. The van der Waals surface area contributed by atoms with E-state index in [-0.39, 0.29) is 11.3 Å². The number of amides is 1. The summed E-state index contributed by atoms with van der Waals surface area (Å²) in [6.45, 7) is 1.96. The van der Waals surface area contributed by atoms with Gasteiger partial charge in [-0.2, -0.15) is 0 Å². The van der Waals surface area contributed by atoms with Crippen LogP contribution >= 0.6 is 0 Å². The van der Waals surface area contributed by atoms with Gasteiger partial charge in [0.05, 0.1) is 11.6 Å². The highest BCUT2D eigenvalue weighted by atomic mass is 16.3. The van der Waals surface area contributed by atoms with E-state index < -0.39 is 23.5 Å². The Hall–Kier alpha value is -4.58. The van der Waals surface area contributed by atoms with Crippen LogP contribution in [0.5, 0.6) is 0 Å². The van der Waals surface area contributed by atoms with Gasteiger partial charge in [-0.05, 0) is 37.3 Å². The first kappa shape index (κ1) is 20.1. The predicted molar refractivity (Wildman–Crippen MR) is 130 cm³/mol. The van der Waals surface area contributed by atoms with Crippen LogP contribution in [0.15, 0.2) is 101 Å². The Balaban J connectivity index is 1.55. The second-order valence-electron chi connectivity index (χ2n) is 8.44. The number of aliphatic hydroxyl groups is 1. The smallest absolute Gasteiger partial charge is 0.294 e. The summed E-state index contributed by atoms with van der Waals surface area (Å²) in [6.07, 6.45) is 1.79. The molecule has 1 unspecified atom stereocenters. The molecule has 166 valence electrons. The average Bonchev–Trinajstić information content (AvgIpc) is 3.54. The maximum Gasteiger partial charge on any atom is 0.294 e. The lowest BCUT2D eigenvalue weighted by Gasteiger charge is -2.26. The fourth-order valence-corrected chi connectivity index (χ4v) is 4.65. The van der Waals surface area contributed by atoms with Gasteiger partial charge in [-0.1, -0.05) is 54.1 Å². The number of ketones is 1. The Morgan fingerprint density at radius 1 is 1.00 bits per heavy atom. The number of nitrogens with one attached hydrogen (secondary N) is 1. The molecule has 1 amide bonds. The second kappa shape index (κ2) is 7.49. The minimum absolute atomic E-state index is 0.00520. The van der Waals surface area contributed by atoms with Crippen LogP contribution in [-0.2, 0) is 4.79 Å². The summed E-state index contributed by atoms with van der Waals surface area (Å²) in [4.78, 5) is 31.8. The molecule has 3 heterocycles. The van der Waals surface area contributed by atoms with Crippen LogP contribution in [0.2, 0.25) is 0 Å². The minimum Gasteiger partial charge on any atom is -0.503 e. The molecule has 0 bridgehead atoms. The molecule has 34 heavy (non-hydrogen) atoms. The van der Waals surface area contributed by atoms with Gasteiger partial charge < -0.3 is 14.5 Å². The van der Waals surface area contributed by atoms with Crippen LogP contribution in [0.3, 0.4) is 0 Å². The molecule has 5 aromatic rings. The number of fused-ring (bicyclic) bond motifs is 2. The van der Waals surface area contributed by atoms with Gasteiger partial charge >= 0.3 is 0 Å². The minimum atomic E-state index is -0.827. The van der Waals surface area contributed by atoms with Gasteiger partial charge in [-0.3, -0.25) is 14.5 Å². The molecular weight excluding hydrogens is 428 g/mol. The number of carbonyl (C=O) groups is 2. The fraction of sp³-hybridized carbons (Fsp3) is 0.0714. The normalized spacial score (nSPS) is 16.2. The quantitative estimate of drug-likeness (QED) is 0.330.